The largest absolute Gasteiger partial charge is 0.371 e. The summed E-state index contributed by atoms with van der Waals surface area (Å²) in [7, 11) is 0. The second-order valence-corrected chi connectivity index (χ2v) is 6.35. The molecule has 0 saturated carbocycles. The van der Waals surface area contributed by atoms with E-state index in [9.17, 15) is 10.1 Å². The lowest BCUT2D eigenvalue weighted by Gasteiger charge is -2.22. The van der Waals surface area contributed by atoms with E-state index in [-0.39, 0.29) is 5.56 Å². The number of aryl methyl sites for hydroxylation is 3. The van der Waals surface area contributed by atoms with Crippen LogP contribution in [0.1, 0.15) is 41.3 Å². The molecule has 0 N–H and O–H groups in total. The molecule has 1 aromatic carbocycles. The molecule has 6 heteroatoms. The van der Waals surface area contributed by atoms with Crippen LogP contribution in [0.3, 0.4) is 0 Å². The van der Waals surface area contributed by atoms with Crippen LogP contribution in [-0.4, -0.2) is 24.0 Å². The zero-order valence-corrected chi connectivity index (χ0v) is 16.2. The Balaban J connectivity index is 2.36. The molecule has 0 spiro atoms. The van der Waals surface area contributed by atoms with Crippen LogP contribution in [0, 0.1) is 43.4 Å². The van der Waals surface area contributed by atoms with E-state index in [4.69, 9.17) is 5.26 Å². The minimum Gasteiger partial charge on any atom is -0.371 e. The van der Waals surface area contributed by atoms with Gasteiger partial charge in [0.2, 0.25) is 0 Å². The van der Waals surface area contributed by atoms with Crippen molar-refractivity contribution in [1.82, 2.24) is 4.68 Å². The Morgan fingerprint density at radius 3 is 2.52 bits per heavy atom. The Labute approximate surface area is 159 Å². The average molecular weight is 361 g/mol. The van der Waals surface area contributed by atoms with E-state index >= 15 is 0 Å². The molecule has 138 valence electrons. The van der Waals surface area contributed by atoms with Gasteiger partial charge in [-0.2, -0.15) is 15.6 Å². The molecule has 6 nitrogen and oxygen atoms in total. The van der Waals surface area contributed by atoms with Crippen molar-refractivity contribution in [2.45, 2.75) is 34.1 Å². The maximum absolute atomic E-state index is 12.4. The number of rotatable bonds is 6. The fourth-order valence-electron chi connectivity index (χ4n) is 2.94. The van der Waals surface area contributed by atoms with Gasteiger partial charge in [0.1, 0.15) is 11.6 Å². The predicted molar refractivity (Wildman–Crippen MR) is 107 cm³/mol. The van der Waals surface area contributed by atoms with Crippen LogP contribution in [0.2, 0.25) is 0 Å². The summed E-state index contributed by atoms with van der Waals surface area (Å²) >= 11 is 0. The Bertz CT molecular complexity index is 1000. The van der Waals surface area contributed by atoms with Gasteiger partial charge in [-0.05, 0) is 62.6 Å². The number of nitriles is 2. The van der Waals surface area contributed by atoms with Crippen molar-refractivity contribution >= 4 is 11.9 Å². The average Bonchev–Trinajstić information content (AvgIpc) is 2.63. The van der Waals surface area contributed by atoms with Crippen LogP contribution in [0.15, 0.2) is 34.2 Å². The Kier molecular flexibility index (Phi) is 6.51. The van der Waals surface area contributed by atoms with Gasteiger partial charge in [0.15, 0.2) is 0 Å². The van der Waals surface area contributed by atoms with E-state index < -0.39 is 5.56 Å². The topological polar surface area (TPSA) is 85.2 Å². The quantitative estimate of drug-likeness (QED) is 0.739. The van der Waals surface area contributed by atoms with Crippen molar-refractivity contribution in [3.05, 3.63) is 62.6 Å². The van der Waals surface area contributed by atoms with Gasteiger partial charge in [-0.3, -0.25) is 4.79 Å². The lowest BCUT2D eigenvalue weighted by Crippen LogP contribution is -2.24. The van der Waals surface area contributed by atoms with Crippen molar-refractivity contribution in [3.63, 3.8) is 0 Å². The minimum absolute atomic E-state index is 0.112. The smallest absolute Gasteiger partial charge is 0.289 e. The summed E-state index contributed by atoms with van der Waals surface area (Å²) in [5.41, 5.74) is 4.00. The fraction of sp³-hybridized carbons (Fsp3) is 0.333. The molecule has 0 atom stereocenters. The molecule has 0 saturated heterocycles. The molecule has 2 rings (SSSR count). The second-order valence-electron chi connectivity index (χ2n) is 6.35. The summed E-state index contributed by atoms with van der Waals surface area (Å²) in [4.78, 5) is 14.6. The zero-order chi connectivity index (χ0) is 20.0. The second kappa shape index (κ2) is 8.82. The van der Waals surface area contributed by atoms with Crippen molar-refractivity contribution in [2.24, 2.45) is 5.10 Å². The van der Waals surface area contributed by atoms with Gasteiger partial charge in [-0.1, -0.05) is 6.07 Å². The molecular formula is C21H23N5O. The summed E-state index contributed by atoms with van der Waals surface area (Å²) < 4.78 is 1.25. The molecular weight excluding hydrogens is 338 g/mol. The van der Waals surface area contributed by atoms with E-state index in [0.29, 0.717) is 24.2 Å². The lowest BCUT2D eigenvalue weighted by molar-refractivity contribution is 0.786. The molecule has 0 amide bonds. The Morgan fingerprint density at radius 1 is 1.19 bits per heavy atom. The van der Waals surface area contributed by atoms with Crippen molar-refractivity contribution in [3.8, 4) is 12.1 Å². The highest BCUT2D eigenvalue weighted by Gasteiger charge is 2.10. The highest BCUT2D eigenvalue weighted by molar-refractivity contribution is 5.82. The highest BCUT2D eigenvalue weighted by atomic mass is 16.1. The first-order chi connectivity index (χ1) is 12.9. The molecule has 0 bridgehead atoms. The van der Waals surface area contributed by atoms with Crippen LogP contribution < -0.4 is 10.5 Å². The Hall–Kier alpha value is -3.38. The number of benzene rings is 1. The number of pyridine rings is 1. The molecule has 1 heterocycles. The number of aromatic nitrogens is 1. The molecule has 0 aliphatic carbocycles. The zero-order valence-electron chi connectivity index (χ0n) is 16.2. The van der Waals surface area contributed by atoms with Crippen molar-refractivity contribution < 1.29 is 0 Å². The molecule has 0 unspecified atom stereocenters. The summed E-state index contributed by atoms with van der Waals surface area (Å²) in [5.74, 6) is 0. The third kappa shape index (κ3) is 4.43. The first kappa shape index (κ1) is 19.9. The van der Waals surface area contributed by atoms with Crippen LogP contribution in [0.5, 0.6) is 0 Å². The number of anilines is 1. The standard InChI is InChI=1S/C21H23N5O/c1-5-25(10-6-9-22)19-8-7-18(15(2)12-19)14-24-26-17(4)11-16(3)20(13-23)21(26)27/h7-8,11-12,14H,5-6,10H2,1-4H3/b24-14-. The van der Waals surface area contributed by atoms with Crippen LogP contribution in [0.25, 0.3) is 0 Å². The van der Waals surface area contributed by atoms with Gasteiger partial charge < -0.3 is 4.90 Å². The summed E-state index contributed by atoms with van der Waals surface area (Å²) in [6.07, 6.45) is 2.11. The number of nitrogens with zero attached hydrogens (tertiary/aromatic N) is 5. The van der Waals surface area contributed by atoms with E-state index in [1.807, 2.05) is 31.2 Å². The predicted octanol–water partition coefficient (Wildman–Crippen LogP) is 3.27. The lowest BCUT2D eigenvalue weighted by atomic mass is 10.1. The minimum atomic E-state index is -0.408. The van der Waals surface area contributed by atoms with Gasteiger partial charge in [-0.25, -0.2) is 4.68 Å². The van der Waals surface area contributed by atoms with Gasteiger partial charge >= 0.3 is 0 Å². The first-order valence-corrected chi connectivity index (χ1v) is 8.83. The van der Waals surface area contributed by atoms with E-state index in [1.54, 1.807) is 26.1 Å². The third-order valence-electron chi connectivity index (χ3n) is 4.48. The summed E-state index contributed by atoms with van der Waals surface area (Å²) in [5, 5.41) is 22.3. The molecule has 27 heavy (non-hydrogen) atoms. The van der Waals surface area contributed by atoms with Crippen LogP contribution in [-0.2, 0) is 0 Å². The number of hydrogen-bond acceptors (Lipinski definition) is 5. The van der Waals surface area contributed by atoms with Gasteiger partial charge in [0, 0.05) is 24.5 Å². The highest BCUT2D eigenvalue weighted by Crippen LogP contribution is 2.19. The Morgan fingerprint density at radius 2 is 1.93 bits per heavy atom. The molecule has 0 aliphatic heterocycles. The molecule has 0 aliphatic rings. The summed E-state index contributed by atoms with van der Waals surface area (Å²) in [6, 6.07) is 11.9. The first-order valence-electron chi connectivity index (χ1n) is 8.83. The van der Waals surface area contributed by atoms with Crippen molar-refractivity contribution in [1.29, 1.82) is 10.5 Å². The molecule has 0 fully saturated rings. The molecule has 2 aromatic rings. The van der Waals surface area contributed by atoms with Gasteiger partial charge in [-0.15, -0.1) is 0 Å². The van der Waals surface area contributed by atoms with Gasteiger partial charge in [0.05, 0.1) is 18.7 Å². The van der Waals surface area contributed by atoms with E-state index in [1.165, 1.54) is 4.68 Å². The number of hydrogen-bond donors (Lipinski definition) is 0. The van der Waals surface area contributed by atoms with E-state index in [0.717, 1.165) is 23.4 Å². The maximum Gasteiger partial charge on any atom is 0.289 e. The van der Waals surface area contributed by atoms with E-state index in [2.05, 4.69) is 23.0 Å². The SMILES string of the molecule is CCN(CCC#N)c1ccc(/C=N\n2c(C)cc(C)c(C#N)c2=O)c(C)c1. The maximum atomic E-state index is 12.4. The van der Waals surface area contributed by atoms with Crippen LogP contribution in [0.4, 0.5) is 5.69 Å². The third-order valence-corrected chi connectivity index (χ3v) is 4.48. The molecule has 1 aromatic heterocycles. The van der Waals surface area contributed by atoms with Crippen molar-refractivity contribution in [2.75, 3.05) is 18.0 Å². The van der Waals surface area contributed by atoms with Gasteiger partial charge in [0.25, 0.3) is 5.56 Å². The normalized spacial score (nSPS) is 10.6. The fourth-order valence-corrected chi connectivity index (χ4v) is 2.94. The summed E-state index contributed by atoms with van der Waals surface area (Å²) in [6.45, 7) is 9.08. The van der Waals surface area contributed by atoms with Crippen LogP contribution >= 0.6 is 0 Å². The molecule has 0 radical (unpaired) electrons. The monoisotopic (exact) mass is 361 g/mol.